The van der Waals surface area contributed by atoms with E-state index in [-0.39, 0.29) is 30.0 Å². The molecule has 0 atom stereocenters. The zero-order valence-corrected chi connectivity index (χ0v) is 12.0. The van der Waals surface area contributed by atoms with Gasteiger partial charge in [0.15, 0.2) is 0 Å². The van der Waals surface area contributed by atoms with E-state index in [1.54, 1.807) is 0 Å². The van der Waals surface area contributed by atoms with Crippen LogP contribution in [-0.2, 0) is 15.7 Å². The third-order valence-electron chi connectivity index (χ3n) is 3.28. The Morgan fingerprint density at radius 2 is 2.09 bits per heavy atom. The van der Waals surface area contributed by atoms with Crippen LogP contribution in [0, 0.1) is 5.82 Å². The molecule has 0 aromatic heterocycles. The highest BCUT2D eigenvalue weighted by atomic mass is 19.4. The van der Waals surface area contributed by atoms with Crippen LogP contribution in [0.15, 0.2) is 41.7 Å². The molecule has 1 aliphatic rings. The van der Waals surface area contributed by atoms with E-state index in [1.165, 1.54) is 19.4 Å². The van der Waals surface area contributed by atoms with Crippen molar-refractivity contribution in [2.24, 2.45) is 0 Å². The van der Waals surface area contributed by atoms with Crippen molar-refractivity contribution in [1.29, 1.82) is 0 Å². The molecular weight excluding hydrogens is 318 g/mol. The molecular formula is C15H13F4NO3. The Kier molecular flexibility index (Phi) is 4.74. The van der Waals surface area contributed by atoms with Gasteiger partial charge in [-0.15, -0.1) is 0 Å². The Morgan fingerprint density at radius 1 is 1.39 bits per heavy atom. The molecule has 0 spiro atoms. The van der Waals surface area contributed by atoms with Gasteiger partial charge in [0, 0.05) is 19.7 Å². The van der Waals surface area contributed by atoms with Crippen LogP contribution in [0.1, 0.15) is 12.0 Å². The Labute approximate surface area is 129 Å². The van der Waals surface area contributed by atoms with Crippen LogP contribution in [0.2, 0.25) is 0 Å². The minimum Gasteiger partial charge on any atom is -0.478 e. The van der Waals surface area contributed by atoms with Crippen LogP contribution >= 0.6 is 0 Å². The maximum Gasteiger partial charge on any atom is 0.418 e. The number of alkyl halides is 3. The summed E-state index contributed by atoms with van der Waals surface area (Å²) in [5.74, 6) is -2.28. The lowest BCUT2D eigenvalue weighted by Gasteiger charge is -2.30. The molecule has 2 rings (SSSR count). The van der Waals surface area contributed by atoms with E-state index in [0.29, 0.717) is 6.07 Å². The highest BCUT2D eigenvalue weighted by Gasteiger charge is 2.36. The Bertz CT molecular complexity index is 680. The summed E-state index contributed by atoms with van der Waals surface area (Å²) in [6.07, 6.45) is -1.98. The zero-order chi connectivity index (χ0) is 17.2. The van der Waals surface area contributed by atoms with E-state index in [2.05, 4.69) is 0 Å². The third-order valence-corrected chi connectivity index (χ3v) is 3.28. The summed E-state index contributed by atoms with van der Waals surface area (Å²) in [5.41, 5.74) is -1.56. The summed E-state index contributed by atoms with van der Waals surface area (Å²) in [6.45, 7) is -0.194. The number of carboxylic acid groups (broad SMARTS) is 1. The largest absolute Gasteiger partial charge is 0.478 e. The first-order valence-corrected chi connectivity index (χ1v) is 6.52. The van der Waals surface area contributed by atoms with Crippen molar-refractivity contribution >= 4 is 11.7 Å². The number of rotatable bonds is 4. The van der Waals surface area contributed by atoms with Gasteiger partial charge in [0.2, 0.25) is 0 Å². The lowest BCUT2D eigenvalue weighted by atomic mass is 10.0. The third kappa shape index (κ3) is 3.53. The van der Waals surface area contributed by atoms with Gasteiger partial charge in [-0.2, -0.15) is 13.2 Å². The van der Waals surface area contributed by atoms with Gasteiger partial charge in [-0.25, -0.2) is 9.18 Å². The van der Waals surface area contributed by atoms with Gasteiger partial charge in [0.25, 0.3) is 0 Å². The van der Waals surface area contributed by atoms with Crippen molar-refractivity contribution in [2.45, 2.75) is 12.6 Å². The summed E-state index contributed by atoms with van der Waals surface area (Å²) in [6, 6.07) is 2.23. The molecule has 0 amide bonds. The second kappa shape index (κ2) is 6.41. The van der Waals surface area contributed by atoms with Crippen molar-refractivity contribution in [2.75, 3.05) is 18.6 Å². The number of anilines is 1. The molecule has 1 N–H and O–H groups in total. The number of hydrogen-bond donors (Lipinski definition) is 1. The highest BCUT2D eigenvalue weighted by molar-refractivity contribution is 5.90. The average Bonchev–Trinajstić information content (AvgIpc) is 2.47. The highest BCUT2D eigenvalue weighted by Crippen LogP contribution is 2.39. The standard InChI is InChI=1S/C15H13F4NO3/c1-23-8-13-10(14(21)22)3-2-6-20(13)12-5-4-9(16)7-11(12)15(17,18)19/h2,4-7H,3,8H2,1H3,(H,21,22). The fourth-order valence-electron chi connectivity index (χ4n) is 2.30. The van der Waals surface area contributed by atoms with Crippen LogP contribution in [0.3, 0.4) is 0 Å². The molecule has 0 radical (unpaired) electrons. The summed E-state index contributed by atoms with van der Waals surface area (Å²) in [7, 11) is 1.30. The van der Waals surface area contributed by atoms with Gasteiger partial charge in [0.05, 0.1) is 29.1 Å². The van der Waals surface area contributed by atoms with Gasteiger partial charge in [-0.3, -0.25) is 0 Å². The van der Waals surface area contributed by atoms with E-state index in [4.69, 9.17) is 4.74 Å². The fourth-order valence-corrected chi connectivity index (χ4v) is 2.30. The molecule has 0 fully saturated rings. The molecule has 8 heteroatoms. The number of halogens is 4. The minimum absolute atomic E-state index is 0.0626. The summed E-state index contributed by atoms with van der Waals surface area (Å²) >= 11 is 0. The number of benzene rings is 1. The molecule has 0 bridgehead atoms. The molecule has 4 nitrogen and oxygen atoms in total. The zero-order valence-electron chi connectivity index (χ0n) is 12.0. The SMILES string of the molecule is COCC1=C(C(=O)O)CC=CN1c1ccc(F)cc1C(F)(F)F. The van der Waals surface area contributed by atoms with Gasteiger partial charge in [-0.05, 0) is 18.2 Å². The number of ether oxygens (including phenoxy) is 1. The minimum atomic E-state index is -4.79. The quantitative estimate of drug-likeness (QED) is 0.857. The van der Waals surface area contributed by atoms with E-state index < -0.39 is 23.5 Å². The van der Waals surface area contributed by atoms with E-state index in [9.17, 15) is 27.5 Å². The maximum atomic E-state index is 13.2. The molecule has 0 saturated carbocycles. The monoisotopic (exact) mass is 331 g/mol. The molecule has 1 aromatic rings. The van der Waals surface area contributed by atoms with Crippen molar-refractivity contribution in [3.63, 3.8) is 0 Å². The molecule has 124 valence electrons. The first-order chi connectivity index (χ1) is 10.8. The normalized spacial score (nSPS) is 15.3. The molecule has 1 heterocycles. The Morgan fingerprint density at radius 3 is 2.65 bits per heavy atom. The van der Waals surface area contributed by atoms with Crippen molar-refractivity contribution in [3.05, 3.63) is 53.1 Å². The molecule has 0 aliphatic carbocycles. The summed E-state index contributed by atoms with van der Waals surface area (Å²) in [4.78, 5) is 12.4. The van der Waals surface area contributed by atoms with Gasteiger partial charge in [-0.1, -0.05) is 6.08 Å². The number of methoxy groups -OCH3 is 1. The number of carboxylic acids is 1. The average molecular weight is 331 g/mol. The van der Waals surface area contributed by atoms with Crippen LogP contribution in [0.5, 0.6) is 0 Å². The van der Waals surface area contributed by atoms with Crippen LogP contribution in [0.25, 0.3) is 0 Å². The number of hydrogen-bond acceptors (Lipinski definition) is 3. The van der Waals surface area contributed by atoms with Gasteiger partial charge in [0.1, 0.15) is 5.82 Å². The van der Waals surface area contributed by atoms with E-state index >= 15 is 0 Å². The van der Waals surface area contributed by atoms with Crippen LogP contribution < -0.4 is 4.90 Å². The smallest absolute Gasteiger partial charge is 0.418 e. The maximum absolute atomic E-state index is 13.2. The molecule has 23 heavy (non-hydrogen) atoms. The van der Waals surface area contributed by atoms with Crippen molar-refractivity contribution < 1.29 is 32.2 Å². The Hall–Kier alpha value is -2.35. The molecule has 0 saturated heterocycles. The number of allylic oxidation sites excluding steroid dienone is 1. The number of carbonyl (C=O) groups is 1. The van der Waals surface area contributed by atoms with Crippen LogP contribution in [0.4, 0.5) is 23.2 Å². The first kappa shape index (κ1) is 17.0. The Balaban J connectivity index is 2.62. The fraction of sp³-hybridized carbons (Fsp3) is 0.267. The predicted molar refractivity (Wildman–Crippen MR) is 74.2 cm³/mol. The topological polar surface area (TPSA) is 49.8 Å². The second-order valence-electron chi connectivity index (χ2n) is 4.78. The lowest BCUT2D eigenvalue weighted by molar-refractivity contribution is -0.137. The van der Waals surface area contributed by atoms with Crippen molar-refractivity contribution in [3.8, 4) is 0 Å². The first-order valence-electron chi connectivity index (χ1n) is 6.52. The predicted octanol–water partition coefficient (Wildman–Crippen LogP) is 3.55. The summed E-state index contributed by atoms with van der Waals surface area (Å²) in [5, 5.41) is 9.22. The summed E-state index contributed by atoms with van der Waals surface area (Å²) < 4.78 is 57.7. The van der Waals surface area contributed by atoms with Gasteiger partial charge >= 0.3 is 12.1 Å². The molecule has 0 unspecified atom stereocenters. The second-order valence-corrected chi connectivity index (χ2v) is 4.78. The molecule has 1 aliphatic heterocycles. The lowest BCUT2D eigenvalue weighted by Crippen LogP contribution is -2.28. The van der Waals surface area contributed by atoms with Crippen LogP contribution in [-0.4, -0.2) is 24.8 Å². The van der Waals surface area contributed by atoms with E-state index in [1.807, 2.05) is 0 Å². The van der Waals surface area contributed by atoms with E-state index in [0.717, 1.165) is 17.0 Å². The number of nitrogens with zero attached hydrogens (tertiary/aromatic N) is 1. The number of aliphatic carboxylic acids is 1. The van der Waals surface area contributed by atoms with Gasteiger partial charge < -0.3 is 14.7 Å². The molecule has 1 aromatic carbocycles. The van der Waals surface area contributed by atoms with Crippen molar-refractivity contribution in [1.82, 2.24) is 0 Å².